The number of rotatable bonds is 4. The smallest absolute Gasteiger partial charge is 0.296 e. The Bertz CT molecular complexity index is 524. The number of benzene rings is 1. The largest absolute Gasteiger partial charge is 0.496 e. The van der Waals surface area contributed by atoms with Crippen LogP contribution in [0.25, 0.3) is 0 Å². The van der Waals surface area contributed by atoms with E-state index in [1.165, 1.54) is 25.3 Å². The highest BCUT2D eigenvalue weighted by Gasteiger charge is 2.38. The molecular formula is C12H16N2O7. The normalized spacial score (nSPS) is 29.0. The minimum Gasteiger partial charge on any atom is -0.496 e. The van der Waals surface area contributed by atoms with Crippen LogP contribution in [0.3, 0.4) is 0 Å². The minimum atomic E-state index is -1.42. The summed E-state index contributed by atoms with van der Waals surface area (Å²) in [6, 6.07) is 4.14. The van der Waals surface area contributed by atoms with E-state index in [-0.39, 0.29) is 18.0 Å². The summed E-state index contributed by atoms with van der Waals surface area (Å²) in [6.07, 6.45) is -5.09. The highest BCUT2D eigenvalue weighted by molar-refractivity contribution is 5.64. The Kier molecular flexibility index (Phi) is 4.58. The van der Waals surface area contributed by atoms with Crippen molar-refractivity contribution in [2.75, 3.05) is 19.0 Å². The van der Waals surface area contributed by atoms with E-state index in [1.54, 1.807) is 0 Å². The maximum Gasteiger partial charge on any atom is 0.296 e. The third-order valence-corrected chi connectivity index (χ3v) is 3.20. The number of nitro benzene ring substituents is 1. The number of nitrogens with one attached hydrogen (secondary N) is 1. The summed E-state index contributed by atoms with van der Waals surface area (Å²) < 4.78 is 10.1. The average Bonchev–Trinajstić information content (AvgIpc) is 2.48. The molecule has 1 aliphatic heterocycles. The number of ether oxygens (including phenoxy) is 2. The molecule has 4 atom stereocenters. The van der Waals surface area contributed by atoms with Crippen molar-refractivity contribution in [2.45, 2.75) is 24.5 Å². The molecule has 1 aromatic carbocycles. The van der Waals surface area contributed by atoms with Gasteiger partial charge in [-0.15, -0.1) is 0 Å². The summed E-state index contributed by atoms with van der Waals surface area (Å²) in [4.78, 5) is 10.4. The van der Waals surface area contributed by atoms with E-state index in [0.717, 1.165) is 0 Å². The van der Waals surface area contributed by atoms with Crippen molar-refractivity contribution in [1.82, 2.24) is 0 Å². The van der Waals surface area contributed by atoms with Crippen LogP contribution in [0.15, 0.2) is 18.2 Å². The Balaban J connectivity index is 2.21. The highest BCUT2D eigenvalue weighted by Crippen LogP contribution is 2.30. The van der Waals surface area contributed by atoms with Gasteiger partial charge in [-0.3, -0.25) is 10.1 Å². The molecule has 21 heavy (non-hydrogen) atoms. The van der Waals surface area contributed by atoms with Crippen LogP contribution in [0.1, 0.15) is 0 Å². The van der Waals surface area contributed by atoms with Gasteiger partial charge in [-0.2, -0.15) is 0 Å². The molecule has 0 aliphatic carbocycles. The predicted octanol–water partition coefficient (Wildman–Crippen LogP) is -0.546. The second kappa shape index (κ2) is 6.22. The first-order chi connectivity index (χ1) is 9.93. The second-order valence-electron chi connectivity index (χ2n) is 4.59. The molecule has 2 rings (SSSR count). The quantitative estimate of drug-likeness (QED) is 0.430. The molecule has 1 heterocycles. The van der Waals surface area contributed by atoms with E-state index >= 15 is 0 Å². The van der Waals surface area contributed by atoms with Crippen molar-refractivity contribution >= 4 is 11.4 Å². The third-order valence-electron chi connectivity index (χ3n) is 3.20. The Hall–Kier alpha value is -1.94. The lowest BCUT2D eigenvalue weighted by Crippen LogP contribution is -2.55. The monoisotopic (exact) mass is 300 g/mol. The lowest BCUT2D eigenvalue weighted by Gasteiger charge is -2.35. The summed E-state index contributed by atoms with van der Waals surface area (Å²) in [5, 5.41) is 42.4. The maximum absolute atomic E-state index is 11.0. The molecule has 4 unspecified atom stereocenters. The summed E-state index contributed by atoms with van der Waals surface area (Å²) in [7, 11) is 1.39. The van der Waals surface area contributed by atoms with Gasteiger partial charge in [0.1, 0.15) is 29.7 Å². The molecular weight excluding hydrogens is 284 g/mol. The van der Waals surface area contributed by atoms with Crippen LogP contribution in [0.2, 0.25) is 0 Å². The van der Waals surface area contributed by atoms with Gasteiger partial charge in [0.2, 0.25) is 0 Å². The Labute approximate surface area is 119 Å². The van der Waals surface area contributed by atoms with Gasteiger partial charge in [-0.25, -0.2) is 0 Å². The van der Waals surface area contributed by atoms with Crippen molar-refractivity contribution in [2.24, 2.45) is 0 Å². The fourth-order valence-electron chi connectivity index (χ4n) is 2.00. The molecule has 1 fully saturated rings. The second-order valence-corrected chi connectivity index (χ2v) is 4.59. The van der Waals surface area contributed by atoms with Gasteiger partial charge in [-0.1, -0.05) is 0 Å². The van der Waals surface area contributed by atoms with Crippen molar-refractivity contribution in [3.8, 4) is 5.75 Å². The van der Waals surface area contributed by atoms with E-state index in [4.69, 9.17) is 9.47 Å². The zero-order valence-electron chi connectivity index (χ0n) is 11.2. The molecule has 1 aliphatic rings. The zero-order valence-corrected chi connectivity index (χ0v) is 11.2. The molecule has 0 bridgehead atoms. The molecule has 0 aromatic heterocycles. The SMILES string of the molecule is COc1ccc(NC2OCC(O)C(O)C2O)c([N+](=O)[O-])c1. The molecule has 4 N–H and O–H groups in total. The number of nitro groups is 1. The number of aliphatic hydroxyl groups is 3. The highest BCUT2D eigenvalue weighted by atomic mass is 16.6. The van der Waals surface area contributed by atoms with Gasteiger partial charge in [0.05, 0.1) is 24.7 Å². The number of methoxy groups -OCH3 is 1. The van der Waals surface area contributed by atoms with E-state index in [9.17, 15) is 25.4 Å². The number of hydrogen-bond donors (Lipinski definition) is 4. The van der Waals surface area contributed by atoms with Gasteiger partial charge in [-0.05, 0) is 12.1 Å². The minimum absolute atomic E-state index is 0.105. The Morgan fingerprint density at radius 3 is 2.71 bits per heavy atom. The lowest BCUT2D eigenvalue weighted by atomic mass is 10.0. The zero-order chi connectivity index (χ0) is 15.6. The maximum atomic E-state index is 11.0. The van der Waals surface area contributed by atoms with Crippen molar-refractivity contribution < 1.29 is 29.7 Å². The van der Waals surface area contributed by atoms with Crippen molar-refractivity contribution in [3.05, 3.63) is 28.3 Å². The first-order valence-corrected chi connectivity index (χ1v) is 6.19. The number of nitrogens with zero attached hydrogens (tertiary/aromatic N) is 1. The number of anilines is 1. The standard InChI is InChI=1S/C12H16N2O7/c1-20-6-2-3-7(8(4-6)14(18)19)13-12-11(17)10(16)9(15)5-21-12/h2-4,9-13,15-17H,5H2,1H3. The molecule has 1 aromatic rings. The molecule has 9 nitrogen and oxygen atoms in total. The first kappa shape index (κ1) is 15.4. The molecule has 116 valence electrons. The summed E-state index contributed by atoms with van der Waals surface area (Å²) in [6.45, 7) is -0.195. The first-order valence-electron chi connectivity index (χ1n) is 6.19. The van der Waals surface area contributed by atoms with Crippen LogP contribution in [0.4, 0.5) is 11.4 Å². The molecule has 1 saturated heterocycles. The Morgan fingerprint density at radius 2 is 2.10 bits per heavy atom. The van der Waals surface area contributed by atoms with Crippen LogP contribution >= 0.6 is 0 Å². The predicted molar refractivity (Wildman–Crippen MR) is 71.0 cm³/mol. The fourth-order valence-corrected chi connectivity index (χ4v) is 2.00. The van der Waals surface area contributed by atoms with E-state index in [1.807, 2.05) is 0 Å². The Morgan fingerprint density at radius 1 is 1.38 bits per heavy atom. The van der Waals surface area contributed by atoms with Gasteiger partial charge >= 0.3 is 0 Å². The summed E-state index contributed by atoms with van der Waals surface area (Å²) in [5.41, 5.74) is -0.154. The van der Waals surface area contributed by atoms with Crippen LogP contribution in [0.5, 0.6) is 5.75 Å². The molecule has 0 radical (unpaired) electrons. The molecule has 0 amide bonds. The van der Waals surface area contributed by atoms with Crippen LogP contribution in [-0.2, 0) is 4.74 Å². The van der Waals surface area contributed by atoms with Crippen LogP contribution in [0, 0.1) is 10.1 Å². The van der Waals surface area contributed by atoms with Crippen molar-refractivity contribution in [1.29, 1.82) is 0 Å². The van der Waals surface area contributed by atoms with E-state index < -0.39 is 29.5 Å². The molecule has 0 spiro atoms. The van der Waals surface area contributed by atoms with Crippen LogP contribution in [-0.4, -0.2) is 58.5 Å². The molecule has 0 saturated carbocycles. The fraction of sp³-hybridized carbons (Fsp3) is 0.500. The summed E-state index contributed by atoms with van der Waals surface area (Å²) in [5.74, 6) is 0.313. The number of hydrogen-bond acceptors (Lipinski definition) is 8. The third kappa shape index (κ3) is 3.22. The lowest BCUT2D eigenvalue weighted by molar-refractivity contribution is -0.384. The van der Waals surface area contributed by atoms with E-state index in [2.05, 4.69) is 5.32 Å². The van der Waals surface area contributed by atoms with Gasteiger partial charge < -0.3 is 30.1 Å². The van der Waals surface area contributed by atoms with Gasteiger partial charge in [0.15, 0.2) is 6.23 Å². The molecule has 9 heteroatoms. The topological polar surface area (TPSA) is 134 Å². The van der Waals surface area contributed by atoms with Gasteiger partial charge in [0.25, 0.3) is 5.69 Å². The van der Waals surface area contributed by atoms with E-state index in [0.29, 0.717) is 5.75 Å². The van der Waals surface area contributed by atoms with Gasteiger partial charge in [0, 0.05) is 0 Å². The van der Waals surface area contributed by atoms with Crippen molar-refractivity contribution in [3.63, 3.8) is 0 Å². The number of aliphatic hydroxyl groups excluding tert-OH is 3. The van der Waals surface area contributed by atoms with Crippen LogP contribution < -0.4 is 10.1 Å². The summed E-state index contributed by atoms with van der Waals surface area (Å²) >= 11 is 0. The average molecular weight is 300 g/mol.